The molecule has 0 aliphatic rings. The summed E-state index contributed by atoms with van der Waals surface area (Å²) in [6.45, 7) is 79.4. The van der Waals surface area contributed by atoms with E-state index >= 15 is 0 Å². The molecule has 2 rings (SSSR count). The Morgan fingerprint density at radius 3 is 0.719 bits per heavy atom. The standard InChI is InChI=1S/2C39H75N6O3.C3H3F6NO4S2.CH4.ClH/c2*1-34(2,3)43(35(4,5)6)31(46)27-41(28-32(47)44(36(7,8)9)37(10,11)12)24-22-20-19-21-23-40-25-26-42(30-40)29-33(48)45(38(13,14)15)39(16,17)18;4-2(5,6)15(11,12)1-10-16(13,14)3(7,8)9;;/h2*25-26,30H,19-24,27-29H2,1-18H3;10H,1H2;1H4;1H/q2*+1;;;. The van der Waals surface area contributed by atoms with Crippen molar-refractivity contribution in [3.05, 3.63) is 37.4 Å². The number of alkyl halides is 6. The Labute approximate surface area is 692 Å². The van der Waals surface area contributed by atoms with Gasteiger partial charge in [0.2, 0.25) is 42.2 Å². The number of hydrogen-bond donors (Lipinski definition) is 1. The smallest absolute Gasteiger partial charge is 0.549 e. The minimum absolute atomic E-state index is 0. The average Bonchev–Trinajstić information content (AvgIpc) is 0.921. The van der Waals surface area contributed by atoms with Gasteiger partial charge in [-0.15, -0.1) is 0 Å². The maximum atomic E-state index is 13.8. The van der Waals surface area contributed by atoms with E-state index in [1.54, 1.807) is 0 Å². The number of carbonyl (C=O) groups excluding carboxylic acids is 6. The van der Waals surface area contributed by atoms with Crippen LogP contribution in [0.3, 0.4) is 0 Å². The number of quaternary nitrogens is 1. The lowest BCUT2D eigenvalue weighted by Crippen LogP contribution is -3.00. The van der Waals surface area contributed by atoms with Gasteiger partial charge in [0.05, 0.1) is 39.3 Å². The number of imidazole rings is 2. The van der Waals surface area contributed by atoms with Crippen molar-refractivity contribution in [2.45, 2.75) is 412 Å². The molecule has 6 amide bonds. The quantitative estimate of drug-likeness (QED) is 0.0455. The molecule has 0 aliphatic heterocycles. The normalized spacial score (nSPS) is 13.5. The lowest BCUT2D eigenvalue weighted by atomic mass is 9.95. The van der Waals surface area contributed by atoms with Crippen LogP contribution in [0.5, 0.6) is 0 Å². The van der Waals surface area contributed by atoms with Crippen molar-refractivity contribution in [1.82, 2.24) is 48.3 Å². The van der Waals surface area contributed by atoms with Crippen LogP contribution in [0, 0.1) is 0 Å². The fourth-order valence-corrected chi connectivity index (χ4v) is 17.9. The number of aryl methyl sites for hydroxylation is 2. The molecule has 670 valence electrons. The molecule has 0 radical (unpaired) electrons. The van der Waals surface area contributed by atoms with Gasteiger partial charge in [0.25, 0.3) is 21.7 Å². The van der Waals surface area contributed by atoms with E-state index in [4.69, 9.17) is 0 Å². The van der Waals surface area contributed by atoms with E-state index in [0.29, 0.717) is 26.2 Å². The predicted octanol–water partition coefficient (Wildman–Crippen LogP) is 10.8. The third-order valence-electron chi connectivity index (χ3n) is 17.6. The number of nitrogens with two attached hydrogens (primary N) is 1. The number of aromatic nitrogens is 4. The van der Waals surface area contributed by atoms with Crippen molar-refractivity contribution in [1.29, 1.82) is 0 Å². The molecule has 0 unspecified atom stereocenters. The molecule has 114 heavy (non-hydrogen) atoms. The van der Waals surface area contributed by atoms with Crippen molar-refractivity contribution >= 4 is 55.3 Å². The Morgan fingerprint density at radius 1 is 0.325 bits per heavy atom. The predicted molar refractivity (Wildman–Crippen MR) is 441 cm³/mol. The van der Waals surface area contributed by atoms with Gasteiger partial charge in [-0.25, -0.2) is 31.4 Å². The molecule has 0 aliphatic carbocycles. The van der Waals surface area contributed by atoms with Crippen LogP contribution < -0.4 is 26.3 Å². The van der Waals surface area contributed by atoms with Crippen molar-refractivity contribution in [3.8, 4) is 0 Å². The van der Waals surface area contributed by atoms with Gasteiger partial charge >= 0.3 is 21.0 Å². The zero-order valence-electron chi connectivity index (χ0n) is 76.4. The number of halogens is 7. The highest BCUT2D eigenvalue weighted by atomic mass is 35.5. The molecule has 2 heterocycles. The van der Waals surface area contributed by atoms with Crippen molar-refractivity contribution in [2.75, 3.05) is 45.1 Å². The number of nitrogens with zero attached hydrogens (tertiary/aromatic N) is 12. The first-order valence-electron chi connectivity index (χ1n) is 39.4. The maximum Gasteiger partial charge on any atom is 0.549 e. The molecule has 0 aromatic carbocycles. The summed E-state index contributed by atoms with van der Waals surface area (Å²) in [5.74, 6) is -1.86. The minimum Gasteiger partial charge on any atom is -1.00 e. The van der Waals surface area contributed by atoms with Gasteiger partial charge in [0, 0.05) is 66.5 Å². The molecular formula is C82H158ClF6N13O10S2+2. The first-order valence-corrected chi connectivity index (χ1v) is 42.6. The number of rotatable bonds is 29. The van der Waals surface area contributed by atoms with E-state index in [1.165, 1.54) is 0 Å². The van der Waals surface area contributed by atoms with E-state index in [-0.39, 0.29) is 148 Å². The molecule has 2 aromatic rings. The summed E-state index contributed by atoms with van der Waals surface area (Å²) in [4.78, 5) is 97.7. The lowest BCUT2D eigenvalue weighted by Gasteiger charge is -2.47. The van der Waals surface area contributed by atoms with Gasteiger partial charge in [0.1, 0.15) is 24.8 Å². The highest BCUT2D eigenvalue weighted by Crippen LogP contribution is 2.32. The van der Waals surface area contributed by atoms with E-state index in [0.717, 1.165) is 64.5 Å². The molecule has 32 heteroatoms. The van der Waals surface area contributed by atoms with Crippen LogP contribution in [0.4, 0.5) is 26.3 Å². The summed E-state index contributed by atoms with van der Waals surface area (Å²) >= 11 is 0. The molecule has 0 fully saturated rings. The molecule has 23 nitrogen and oxygen atoms in total. The van der Waals surface area contributed by atoms with Gasteiger partial charge in [0.15, 0.2) is 13.1 Å². The molecule has 0 saturated carbocycles. The Hall–Kier alpha value is -5.11. The SMILES string of the molecule is C.CC(C)(C)N(C(=O)CN(CCCCCCn1cc[n+](CC(=O)N(C(C)(C)C)C(C)(C)C)c1)CC(=O)N(C(C)(C)C)C(C)(C)C)C(C)(C)C.CC(C)(C)N(C(=O)CN(CCCCCCn1cc[n+](CC(=O)N(C(C)(C)C)C(C)(C)C)c1)CC(=O)N(C(C)(C)C)C(C)(C)C)C(C)(C)C.O=S(=O)(C[NH2+]S(=O)(=O)C(F)(F)F)C(F)(F)F.[Cl-]. The van der Waals surface area contributed by atoms with Crippen LogP contribution >= 0.6 is 0 Å². The van der Waals surface area contributed by atoms with E-state index in [9.17, 15) is 71.9 Å². The summed E-state index contributed by atoms with van der Waals surface area (Å²) in [5.41, 5.74) is -15.4. The second-order valence-corrected chi connectivity index (χ2v) is 45.6. The van der Waals surface area contributed by atoms with Crippen molar-refractivity contribution in [2.24, 2.45) is 0 Å². The number of sulfonamides is 1. The van der Waals surface area contributed by atoms with Crippen LogP contribution in [0.25, 0.3) is 0 Å². The van der Waals surface area contributed by atoms with Crippen LogP contribution in [-0.2, 0) is 74.8 Å². The summed E-state index contributed by atoms with van der Waals surface area (Å²) in [5, 5.41) is 0. The average molecular weight is 1700 g/mol. The Bertz CT molecular complexity index is 3160. The fourth-order valence-electron chi connectivity index (χ4n) is 16.1. The van der Waals surface area contributed by atoms with Crippen LogP contribution in [0.15, 0.2) is 37.4 Å². The largest absolute Gasteiger partial charge is 1.00 e. The zero-order valence-corrected chi connectivity index (χ0v) is 78.8. The lowest BCUT2D eigenvalue weighted by molar-refractivity contribution is -0.685. The summed E-state index contributed by atoms with van der Waals surface area (Å²) in [7, 11) is -11.9. The van der Waals surface area contributed by atoms with E-state index < -0.39 is 41.5 Å². The third kappa shape index (κ3) is 38.7. The molecule has 0 spiro atoms. The Kier molecular flexibility index (Phi) is 41.9. The number of unbranched alkanes of at least 4 members (excludes halogenated alkanes) is 6. The van der Waals surface area contributed by atoms with Gasteiger partial charge < -0.3 is 41.8 Å². The second kappa shape index (κ2) is 42.2. The number of carbonyl (C=O) groups is 6. The molecule has 2 aromatic heterocycles. The van der Waals surface area contributed by atoms with Crippen molar-refractivity contribution in [3.63, 3.8) is 0 Å². The van der Waals surface area contributed by atoms with Crippen molar-refractivity contribution < 1.29 is 98.2 Å². The number of sulfone groups is 1. The topological polar surface area (TPSA) is 231 Å². The highest BCUT2D eigenvalue weighted by Gasteiger charge is 2.54. The third-order valence-corrected chi connectivity index (χ3v) is 20.3. The number of primary sulfonamides is 1. The zero-order chi connectivity index (χ0) is 88.8. The monoisotopic (exact) mass is 1700 g/mol. The van der Waals surface area contributed by atoms with Crippen LogP contribution in [-0.4, -0.2) is 223 Å². The number of hydrogen-bond acceptors (Lipinski definition) is 12. The van der Waals surface area contributed by atoms with Gasteiger partial charge in [-0.05, 0) is 301 Å². The molecule has 2 N–H and O–H groups in total. The highest BCUT2D eigenvalue weighted by molar-refractivity contribution is 7.92. The summed E-state index contributed by atoms with van der Waals surface area (Å²) in [6, 6.07) is 0. The minimum atomic E-state index is -6.00. The molecule has 0 atom stereocenters. The van der Waals surface area contributed by atoms with Gasteiger partial charge in [-0.3, -0.25) is 38.6 Å². The first-order chi connectivity index (χ1) is 49.4. The summed E-state index contributed by atoms with van der Waals surface area (Å²) < 4.78 is 118. The molecular weight excluding hydrogens is 1540 g/mol. The van der Waals surface area contributed by atoms with Crippen LogP contribution in [0.2, 0.25) is 0 Å². The van der Waals surface area contributed by atoms with Gasteiger partial charge in [-0.1, -0.05) is 20.3 Å². The summed E-state index contributed by atoms with van der Waals surface area (Å²) in [6.07, 6.45) is 20.0. The van der Waals surface area contributed by atoms with Gasteiger partial charge in [-0.2, -0.15) is 34.8 Å². The first kappa shape index (κ1) is 113. The van der Waals surface area contributed by atoms with E-state index in [2.05, 4.69) is 268 Å². The Balaban J connectivity index is -0.00000178. The number of amides is 6. The molecule has 0 bridgehead atoms. The second-order valence-electron chi connectivity index (χ2n) is 41.7. The van der Waals surface area contributed by atoms with Crippen LogP contribution in [0.1, 0.15) is 308 Å². The fraction of sp³-hybridized carbons (Fsp3) is 0.854. The molecule has 0 saturated heterocycles. The Morgan fingerprint density at radius 2 is 0.526 bits per heavy atom. The maximum absolute atomic E-state index is 13.8. The van der Waals surface area contributed by atoms with E-state index in [1.807, 2.05) is 76.0 Å².